The third-order valence-corrected chi connectivity index (χ3v) is 2.65. The van der Waals surface area contributed by atoms with Crippen LogP contribution >= 0.6 is 0 Å². The van der Waals surface area contributed by atoms with Crippen LogP contribution in [0.2, 0.25) is 0 Å². The summed E-state index contributed by atoms with van der Waals surface area (Å²) in [5.74, 6) is 0.836. The Labute approximate surface area is 68.2 Å². The molecule has 0 spiro atoms. The quantitative estimate of drug-likeness (QED) is 0.647. The Bertz CT molecular complexity index is 108. The normalized spacial score (nSPS) is 24.3. The van der Waals surface area contributed by atoms with Gasteiger partial charge in [0.25, 0.3) is 0 Å². The van der Waals surface area contributed by atoms with Crippen LogP contribution in [0.1, 0.15) is 39.0 Å². The second-order valence-corrected chi connectivity index (χ2v) is 3.68. The van der Waals surface area contributed by atoms with Crippen molar-refractivity contribution in [2.45, 2.75) is 51.2 Å². The Kier molecular flexibility index (Phi) is 3.34. The summed E-state index contributed by atoms with van der Waals surface area (Å²) >= 11 is 0. The van der Waals surface area contributed by atoms with Crippen LogP contribution in [-0.2, 0) is 0 Å². The molecule has 1 aliphatic carbocycles. The van der Waals surface area contributed by atoms with E-state index in [1.54, 1.807) is 6.92 Å². The number of rotatable bonds is 4. The first-order chi connectivity index (χ1) is 5.20. The van der Waals surface area contributed by atoms with Crippen molar-refractivity contribution in [3.8, 4) is 0 Å². The third kappa shape index (κ3) is 2.80. The van der Waals surface area contributed by atoms with Crippen LogP contribution in [0, 0.1) is 5.92 Å². The smallest absolute Gasteiger partial charge is 0.0796 e. The summed E-state index contributed by atoms with van der Waals surface area (Å²) in [5, 5.41) is 18.2. The summed E-state index contributed by atoms with van der Waals surface area (Å²) in [6, 6.07) is 0. The number of hydrogen-bond acceptors (Lipinski definition) is 2. The van der Waals surface area contributed by atoms with E-state index in [0.29, 0.717) is 0 Å². The molecule has 1 rings (SSSR count). The van der Waals surface area contributed by atoms with Gasteiger partial charge in [0.2, 0.25) is 0 Å². The molecule has 0 amide bonds. The zero-order chi connectivity index (χ0) is 8.27. The third-order valence-electron chi connectivity index (χ3n) is 2.65. The predicted octanol–water partition coefficient (Wildman–Crippen LogP) is 1.31. The van der Waals surface area contributed by atoms with Gasteiger partial charge in [-0.15, -0.1) is 0 Å². The summed E-state index contributed by atoms with van der Waals surface area (Å²) in [6.07, 6.45) is 4.80. The van der Waals surface area contributed by atoms with Gasteiger partial charge < -0.3 is 10.2 Å². The first-order valence-corrected chi connectivity index (χ1v) is 4.56. The second-order valence-electron chi connectivity index (χ2n) is 3.68. The van der Waals surface area contributed by atoms with Crippen molar-refractivity contribution in [1.82, 2.24) is 0 Å². The van der Waals surface area contributed by atoms with Gasteiger partial charge in [-0.1, -0.05) is 19.3 Å². The van der Waals surface area contributed by atoms with E-state index in [9.17, 15) is 5.11 Å². The fourth-order valence-electron chi connectivity index (χ4n) is 1.43. The zero-order valence-electron chi connectivity index (χ0n) is 7.16. The topological polar surface area (TPSA) is 40.5 Å². The maximum Gasteiger partial charge on any atom is 0.0796 e. The monoisotopic (exact) mass is 158 g/mol. The van der Waals surface area contributed by atoms with Crippen molar-refractivity contribution >= 4 is 0 Å². The Morgan fingerprint density at radius 1 is 1.36 bits per heavy atom. The van der Waals surface area contributed by atoms with Gasteiger partial charge in [0, 0.05) is 0 Å². The van der Waals surface area contributed by atoms with Gasteiger partial charge in [-0.05, 0) is 25.7 Å². The van der Waals surface area contributed by atoms with Crippen molar-refractivity contribution in [3.63, 3.8) is 0 Å². The molecule has 0 bridgehead atoms. The Morgan fingerprint density at radius 2 is 2.00 bits per heavy atom. The molecular formula is C9H18O2. The SMILES string of the molecule is CC(O)C(O)CCC1CCC1. The van der Waals surface area contributed by atoms with Crippen molar-refractivity contribution in [1.29, 1.82) is 0 Å². The molecule has 11 heavy (non-hydrogen) atoms. The van der Waals surface area contributed by atoms with Crippen molar-refractivity contribution in [2.24, 2.45) is 5.92 Å². The summed E-state index contributed by atoms with van der Waals surface area (Å²) in [4.78, 5) is 0. The summed E-state index contributed by atoms with van der Waals surface area (Å²) in [6.45, 7) is 1.64. The molecule has 0 aromatic heterocycles. The van der Waals surface area contributed by atoms with Crippen LogP contribution < -0.4 is 0 Å². The van der Waals surface area contributed by atoms with Crippen LogP contribution in [-0.4, -0.2) is 22.4 Å². The Hall–Kier alpha value is -0.0800. The molecule has 0 radical (unpaired) electrons. The standard InChI is InChI=1S/C9H18O2/c1-7(10)9(11)6-5-8-3-2-4-8/h7-11H,2-6H2,1H3. The molecule has 0 aliphatic heterocycles. The van der Waals surface area contributed by atoms with Gasteiger partial charge in [0.05, 0.1) is 12.2 Å². The van der Waals surface area contributed by atoms with E-state index in [1.165, 1.54) is 19.3 Å². The van der Waals surface area contributed by atoms with Crippen molar-refractivity contribution < 1.29 is 10.2 Å². The molecule has 1 aliphatic rings. The molecule has 2 heteroatoms. The largest absolute Gasteiger partial charge is 0.391 e. The molecule has 1 saturated carbocycles. The zero-order valence-corrected chi connectivity index (χ0v) is 7.16. The van der Waals surface area contributed by atoms with Gasteiger partial charge >= 0.3 is 0 Å². The highest BCUT2D eigenvalue weighted by Crippen LogP contribution is 2.30. The minimum atomic E-state index is -0.560. The van der Waals surface area contributed by atoms with Crippen LogP contribution in [0.15, 0.2) is 0 Å². The van der Waals surface area contributed by atoms with E-state index in [4.69, 9.17) is 5.11 Å². The minimum Gasteiger partial charge on any atom is -0.391 e. The van der Waals surface area contributed by atoms with Crippen LogP contribution in [0.4, 0.5) is 0 Å². The second kappa shape index (κ2) is 4.07. The van der Waals surface area contributed by atoms with Crippen LogP contribution in [0.5, 0.6) is 0 Å². The van der Waals surface area contributed by atoms with E-state index in [1.807, 2.05) is 0 Å². The molecule has 1 fully saturated rings. The van der Waals surface area contributed by atoms with Gasteiger partial charge in [-0.3, -0.25) is 0 Å². The van der Waals surface area contributed by atoms with Gasteiger partial charge in [-0.25, -0.2) is 0 Å². The molecule has 0 aromatic rings. The van der Waals surface area contributed by atoms with Crippen molar-refractivity contribution in [3.05, 3.63) is 0 Å². The Morgan fingerprint density at radius 3 is 2.36 bits per heavy atom. The van der Waals surface area contributed by atoms with Gasteiger partial charge in [-0.2, -0.15) is 0 Å². The number of hydrogen-bond donors (Lipinski definition) is 2. The van der Waals surface area contributed by atoms with E-state index in [-0.39, 0.29) is 0 Å². The average Bonchev–Trinajstić information content (AvgIpc) is 1.83. The van der Waals surface area contributed by atoms with E-state index >= 15 is 0 Å². The Balaban J connectivity index is 2.01. The van der Waals surface area contributed by atoms with E-state index < -0.39 is 12.2 Å². The van der Waals surface area contributed by atoms with E-state index in [2.05, 4.69) is 0 Å². The molecule has 66 valence electrons. The van der Waals surface area contributed by atoms with E-state index in [0.717, 1.165) is 18.8 Å². The molecule has 0 aromatic carbocycles. The van der Waals surface area contributed by atoms with Crippen LogP contribution in [0.25, 0.3) is 0 Å². The maximum atomic E-state index is 9.24. The van der Waals surface area contributed by atoms with Crippen molar-refractivity contribution in [2.75, 3.05) is 0 Å². The molecule has 2 N–H and O–H groups in total. The maximum absolute atomic E-state index is 9.24. The highest BCUT2D eigenvalue weighted by Gasteiger charge is 2.19. The van der Waals surface area contributed by atoms with Crippen LogP contribution in [0.3, 0.4) is 0 Å². The first kappa shape index (κ1) is 9.01. The summed E-state index contributed by atoms with van der Waals surface area (Å²) in [7, 11) is 0. The van der Waals surface area contributed by atoms with Gasteiger partial charge in [0.15, 0.2) is 0 Å². The molecule has 0 heterocycles. The lowest BCUT2D eigenvalue weighted by Crippen LogP contribution is -2.24. The molecule has 2 atom stereocenters. The summed E-state index contributed by atoms with van der Waals surface area (Å²) in [5.41, 5.74) is 0. The molecular weight excluding hydrogens is 140 g/mol. The number of aliphatic hydroxyl groups excluding tert-OH is 2. The highest BCUT2D eigenvalue weighted by molar-refractivity contribution is 4.72. The highest BCUT2D eigenvalue weighted by atomic mass is 16.3. The average molecular weight is 158 g/mol. The molecule has 0 saturated heterocycles. The number of aliphatic hydroxyl groups is 2. The molecule has 2 nitrogen and oxygen atoms in total. The molecule has 2 unspecified atom stereocenters. The first-order valence-electron chi connectivity index (χ1n) is 4.56. The predicted molar refractivity (Wildman–Crippen MR) is 44.3 cm³/mol. The lowest BCUT2D eigenvalue weighted by atomic mass is 9.81. The fourth-order valence-corrected chi connectivity index (χ4v) is 1.43. The fraction of sp³-hybridized carbons (Fsp3) is 1.00. The lowest BCUT2D eigenvalue weighted by molar-refractivity contribution is 0.0199. The summed E-state index contributed by atoms with van der Waals surface area (Å²) < 4.78 is 0. The minimum absolute atomic E-state index is 0.504. The lowest BCUT2D eigenvalue weighted by Gasteiger charge is -2.26. The van der Waals surface area contributed by atoms with Gasteiger partial charge in [0.1, 0.15) is 0 Å².